The first-order chi connectivity index (χ1) is 7.61. The summed E-state index contributed by atoms with van der Waals surface area (Å²) in [7, 11) is 0. The molecule has 0 bridgehead atoms. The second-order valence-electron chi connectivity index (χ2n) is 3.29. The molecule has 0 nitrogen and oxygen atoms in total. The number of thiophene rings is 2. The molecule has 1 atom stereocenters. The SMILES string of the molecule is CCc1ccc(C(Br)c2cc(Br)c(Cl)s2)s1. The van der Waals surface area contributed by atoms with Crippen LogP contribution in [-0.4, -0.2) is 0 Å². The van der Waals surface area contributed by atoms with Crippen molar-refractivity contribution in [3.8, 4) is 0 Å². The van der Waals surface area contributed by atoms with Crippen molar-refractivity contribution in [2.45, 2.75) is 18.2 Å². The predicted octanol–water partition coefficient (Wildman–Crippen LogP) is 6.27. The van der Waals surface area contributed by atoms with Gasteiger partial charge in [0.1, 0.15) is 4.34 Å². The highest BCUT2D eigenvalue weighted by Gasteiger charge is 2.16. The van der Waals surface area contributed by atoms with Gasteiger partial charge in [0.05, 0.1) is 4.83 Å². The first-order valence-electron chi connectivity index (χ1n) is 4.79. The summed E-state index contributed by atoms with van der Waals surface area (Å²) in [4.78, 5) is 4.25. The lowest BCUT2D eigenvalue weighted by molar-refractivity contribution is 1.19. The molecular weight excluding hydrogens is 392 g/mol. The van der Waals surface area contributed by atoms with Crippen LogP contribution in [-0.2, 0) is 6.42 Å². The third kappa shape index (κ3) is 2.72. The number of alkyl halides is 1. The summed E-state index contributed by atoms with van der Waals surface area (Å²) in [5.74, 6) is 0. The Kier molecular flexibility index (Phi) is 4.52. The highest BCUT2D eigenvalue weighted by Crippen LogP contribution is 2.43. The Morgan fingerprint density at radius 2 is 2.06 bits per heavy atom. The first-order valence-corrected chi connectivity index (χ1v) is 8.51. The summed E-state index contributed by atoms with van der Waals surface area (Å²) >= 11 is 16.7. The molecule has 0 radical (unpaired) electrons. The van der Waals surface area contributed by atoms with Gasteiger partial charge in [-0.15, -0.1) is 22.7 Å². The minimum Gasteiger partial charge on any atom is -0.144 e. The normalized spacial score (nSPS) is 13.0. The van der Waals surface area contributed by atoms with Gasteiger partial charge in [-0.3, -0.25) is 0 Å². The molecule has 2 rings (SSSR count). The second kappa shape index (κ2) is 5.53. The Morgan fingerprint density at radius 1 is 1.31 bits per heavy atom. The van der Waals surface area contributed by atoms with E-state index in [1.165, 1.54) is 14.6 Å². The summed E-state index contributed by atoms with van der Waals surface area (Å²) in [6.07, 6.45) is 1.10. The third-order valence-corrected chi connectivity index (χ3v) is 7.62. The van der Waals surface area contributed by atoms with Crippen molar-refractivity contribution >= 4 is 66.1 Å². The highest BCUT2D eigenvalue weighted by atomic mass is 79.9. The molecule has 86 valence electrons. The summed E-state index contributed by atoms with van der Waals surface area (Å²) in [6.45, 7) is 2.18. The quantitative estimate of drug-likeness (QED) is 0.533. The summed E-state index contributed by atoms with van der Waals surface area (Å²) in [6, 6.07) is 6.46. The van der Waals surface area contributed by atoms with Gasteiger partial charge in [-0.2, -0.15) is 0 Å². The van der Waals surface area contributed by atoms with E-state index in [4.69, 9.17) is 11.6 Å². The molecule has 0 saturated carbocycles. The van der Waals surface area contributed by atoms with E-state index < -0.39 is 0 Å². The molecule has 0 aromatic carbocycles. The van der Waals surface area contributed by atoms with Gasteiger partial charge >= 0.3 is 0 Å². The van der Waals surface area contributed by atoms with Crippen molar-refractivity contribution in [2.75, 3.05) is 0 Å². The predicted molar refractivity (Wildman–Crippen MR) is 81.5 cm³/mol. The van der Waals surface area contributed by atoms with Gasteiger partial charge in [0.25, 0.3) is 0 Å². The fraction of sp³-hybridized carbons (Fsp3) is 0.273. The van der Waals surface area contributed by atoms with Crippen LogP contribution in [0.25, 0.3) is 0 Å². The lowest BCUT2D eigenvalue weighted by Gasteiger charge is -2.03. The van der Waals surface area contributed by atoms with Gasteiger partial charge in [-0.25, -0.2) is 0 Å². The average Bonchev–Trinajstić information content (AvgIpc) is 2.86. The lowest BCUT2D eigenvalue weighted by atomic mass is 10.3. The molecule has 0 saturated heterocycles. The van der Waals surface area contributed by atoms with Crippen LogP contribution < -0.4 is 0 Å². The Bertz CT molecular complexity index is 470. The monoisotopic (exact) mass is 398 g/mol. The van der Waals surface area contributed by atoms with Gasteiger partial charge in [-0.1, -0.05) is 34.5 Å². The Labute approximate surface area is 125 Å². The van der Waals surface area contributed by atoms with E-state index in [1.807, 2.05) is 11.3 Å². The molecule has 0 amide bonds. The molecule has 0 N–H and O–H groups in total. The van der Waals surface area contributed by atoms with Gasteiger partial charge in [0.15, 0.2) is 0 Å². The maximum atomic E-state index is 6.05. The molecule has 0 spiro atoms. The van der Waals surface area contributed by atoms with Crippen molar-refractivity contribution in [3.63, 3.8) is 0 Å². The summed E-state index contributed by atoms with van der Waals surface area (Å²) < 4.78 is 1.79. The van der Waals surface area contributed by atoms with Crippen molar-refractivity contribution in [3.05, 3.63) is 41.6 Å². The minimum absolute atomic E-state index is 0.256. The van der Waals surface area contributed by atoms with Crippen LogP contribution in [0.5, 0.6) is 0 Å². The Hall–Kier alpha value is 0.650. The van der Waals surface area contributed by atoms with E-state index in [9.17, 15) is 0 Å². The average molecular weight is 401 g/mol. The van der Waals surface area contributed by atoms with Crippen molar-refractivity contribution in [2.24, 2.45) is 0 Å². The van der Waals surface area contributed by atoms with Gasteiger partial charge in [-0.05, 0) is 40.5 Å². The first kappa shape index (κ1) is 13.1. The number of hydrogen-bond donors (Lipinski definition) is 0. The second-order valence-corrected chi connectivity index (χ2v) is 7.95. The van der Waals surface area contributed by atoms with Crippen LogP contribution in [0.15, 0.2) is 22.7 Å². The number of halogens is 3. The molecule has 0 aliphatic carbocycles. The van der Waals surface area contributed by atoms with Crippen molar-refractivity contribution < 1.29 is 0 Å². The topological polar surface area (TPSA) is 0 Å². The zero-order chi connectivity index (χ0) is 11.7. The fourth-order valence-electron chi connectivity index (χ4n) is 1.35. The van der Waals surface area contributed by atoms with Gasteiger partial charge < -0.3 is 0 Å². The standard InChI is InChI=1S/C11H9Br2ClS2/c1-2-6-3-4-8(15-6)10(13)9-5-7(12)11(14)16-9/h3-5,10H,2H2,1H3. The van der Waals surface area contributed by atoms with E-state index in [0.29, 0.717) is 0 Å². The molecule has 0 fully saturated rings. The maximum Gasteiger partial charge on any atom is 0.107 e. The fourth-order valence-corrected chi connectivity index (χ4v) is 4.95. The smallest absolute Gasteiger partial charge is 0.107 e. The van der Waals surface area contributed by atoms with Gasteiger partial charge in [0.2, 0.25) is 0 Å². The number of hydrogen-bond acceptors (Lipinski definition) is 2. The molecule has 2 aromatic rings. The van der Waals surface area contributed by atoms with Crippen LogP contribution in [0.3, 0.4) is 0 Å². The number of rotatable bonds is 3. The Balaban J connectivity index is 2.27. The van der Waals surface area contributed by atoms with E-state index in [2.05, 4.69) is 57.0 Å². The molecule has 0 aliphatic rings. The van der Waals surface area contributed by atoms with Crippen LogP contribution in [0.2, 0.25) is 4.34 Å². The van der Waals surface area contributed by atoms with Crippen molar-refractivity contribution in [1.82, 2.24) is 0 Å². The van der Waals surface area contributed by atoms with Crippen LogP contribution in [0.4, 0.5) is 0 Å². The van der Waals surface area contributed by atoms with E-state index in [-0.39, 0.29) is 4.83 Å². The summed E-state index contributed by atoms with van der Waals surface area (Å²) in [5, 5.41) is 0. The number of aryl methyl sites for hydroxylation is 1. The Morgan fingerprint density at radius 3 is 2.56 bits per heavy atom. The van der Waals surface area contributed by atoms with Crippen LogP contribution in [0, 0.1) is 0 Å². The highest BCUT2D eigenvalue weighted by molar-refractivity contribution is 9.10. The summed E-state index contributed by atoms with van der Waals surface area (Å²) in [5.41, 5.74) is 0. The van der Waals surface area contributed by atoms with E-state index in [0.717, 1.165) is 15.2 Å². The molecule has 0 aliphatic heterocycles. The van der Waals surface area contributed by atoms with Crippen LogP contribution in [0.1, 0.15) is 26.4 Å². The van der Waals surface area contributed by atoms with Crippen molar-refractivity contribution in [1.29, 1.82) is 0 Å². The largest absolute Gasteiger partial charge is 0.144 e. The minimum atomic E-state index is 0.256. The molecular formula is C11H9Br2ClS2. The zero-order valence-corrected chi connectivity index (χ0v) is 14.0. The molecule has 1 unspecified atom stereocenters. The molecule has 2 aromatic heterocycles. The maximum absolute atomic E-state index is 6.05. The zero-order valence-electron chi connectivity index (χ0n) is 8.47. The van der Waals surface area contributed by atoms with E-state index >= 15 is 0 Å². The molecule has 16 heavy (non-hydrogen) atoms. The van der Waals surface area contributed by atoms with Gasteiger partial charge in [0, 0.05) is 19.1 Å². The lowest BCUT2D eigenvalue weighted by Crippen LogP contribution is -1.83. The third-order valence-electron chi connectivity index (χ3n) is 2.19. The molecule has 5 heteroatoms. The van der Waals surface area contributed by atoms with Crippen LogP contribution >= 0.6 is 66.1 Å². The van der Waals surface area contributed by atoms with E-state index in [1.54, 1.807) is 11.3 Å². The molecule has 2 heterocycles.